The molecule has 4 nitrogen and oxygen atoms in total. The lowest BCUT2D eigenvalue weighted by Gasteiger charge is -2.09. The maximum absolute atomic E-state index is 11.9. The second kappa shape index (κ2) is 8.17. The van der Waals surface area contributed by atoms with Crippen molar-refractivity contribution in [1.82, 2.24) is 5.32 Å². The molecule has 0 saturated heterocycles. The molecule has 1 aromatic rings. The number of nitrogen functional groups attached to an aromatic ring is 1. The van der Waals surface area contributed by atoms with Crippen molar-refractivity contribution < 1.29 is 9.53 Å². The Morgan fingerprint density at radius 2 is 2.16 bits per heavy atom. The second-order valence-corrected chi connectivity index (χ2v) is 5.53. The molecule has 0 atom stereocenters. The van der Waals surface area contributed by atoms with Crippen molar-refractivity contribution in [3.63, 3.8) is 0 Å². The van der Waals surface area contributed by atoms with E-state index in [1.54, 1.807) is 12.1 Å². The van der Waals surface area contributed by atoms with Gasteiger partial charge in [0.05, 0.1) is 11.7 Å². The normalized spacial score (nSPS) is 10.7. The predicted octanol–water partition coefficient (Wildman–Crippen LogP) is 2.97. The van der Waals surface area contributed by atoms with Gasteiger partial charge in [0, 0.05) is 23.3 Å². The molecule has 0 fully saturated rings. The van der Waals surface area contributed by atoms with Gasteiger partial charge in [0.1, 0.15) is 0 Å². The van der Waals surface area contributed by atoms with Crippen molar-refractivity contribution in [2.45, 2.75) is 32.8 Å². The summed E-state index contributed by atoms with van der Waals surface area (Å²) in [5.74, 6) is -0.136. The highest BCUT2D eigenvalue weighted by Crippen LogP contribution is 2.18. The molecule has 5 heteroatoms. The molecule has 1 rings (SSSR count). The maximum atomic E-state index is 11.9. The Hall–Kier alpha value is -1.07. The van der Waals surface area contributed by atoms with Crippen molar-refractivity contribution in [2.24, 2.45) is 0 Å². The van der Waals surface area contributed by atoms with Crippen LogP contribution in [0.5, 0.6) is 0 Å². The number of amides is 1. The molecular formula is C14H21BrN2O2. The summed E-state index contributed by atoms with van der Waals surface area (Å²) in [5, 5.41) is 2.86. The maximum Gasteiger partial charge on any atom is 0.253 e. The van der Waals surface area contributed by atoms with Crippen LogP contribution in [0.3, 0.4) is 0 Å². The van der Waals surface area contributed by atoms with Crippen molar-refractivity contribution in [3.05, 3.63) is 28.2 Å². The molecule has 0 radical (unpaired) electrons. The van der Waals surface area contributed by atoms with Crippen LogP contribution in [-0.4, -0.2) is 25.2 Å². The molecule has 1 amide bonds. The minimum absolute atomic E-state index is 0.136. The van der Waals surface area contributed by atoms with Crippen LogP contribution in [0.4, 0.5) is 5.69 Å². The van der Waals surface area contributed by atoms with Crippen molar-refractivity contribution in [3.8, 4) is 0 Å². The van der Waals surface area contributed by atoms with Crippen LogP contribution >= 0.6 is 15.9 Å². The first-order valence-electron chi connectivity index (χ1n) is 6.45. The molecular weight excluding hydrogens is 308 g/mol. The zero-order valence-corrected chi connectivity index (χ0v) is 13.0. The van der Waals surface area contributed by atoms with E-state index in [9.17, 15) is 4.79 Å². The molecule has 0 aliphatic carbocycles. The van der Waals surface area contributed by atoms with Gasteiger partial charge in [-0.15, -0.1) is 0 Å². The summed E-state index contributed by atoms with van der Waals surface area (Å²) in [5.41, 5.74) is 6.77. The first-order chi connectivity index (χ1) is 9.00. The monoisotopic (exact) mass is 328 g/mol. The highest BCUT2D eigenvalue weighted by molar-refractivity contribution is 9.10. The Balaban J connectivity index is 2.29. The molecule has 1 aromatic carbocycles. The number of carbonyl (C=O) groups is 1. The molecule has 0 heterocycles. The standard InChI is InChI=1S/C14H21BrN2O2/c1-10(2)19-8-4-3-7-17-14(18)12-9-11(15)5-6-13(12)16/h5-6,9-10H,3-4,7-8,16H2,1-2H3,(H,17,18). The van der Waals surface area contributed by atoms with Gasteiger partial charge in [-0.1, -0.05) is 15.9 Å². The fraction of sp³-hybridized carbons (Fsp3) is 0.500. The van der Waals surface area contributed by atoms with Gasteiger partial charge in [0.2, 0.25) is 0 Å². The molecule has 0 unspecified atom stereocenters. The van der Waals surface area contributed by atoms with Crippen molar-refractivity contribution in [1.29, 1.82) is 0 Å². The Bertz CT molecular complexity index is 422. The van der Waals surface area contributed by atoms with Gasteiger partial charge in [-0.3, -0.25) is 4.79 Å². The SMILES string of the molecule is CC(C)OCCCCNC(=O)c1cc(Br)ccc1N. The first kappa shape index (κ1) is 16.0. The van der Waals surface area contributed by atoms with E-state index < -0.39 is 0 Å². The second-order valence-electron chi connectivity index (χ2n) is 4.61. The largest absolute Gasteiger partial charge is 0.398 e. The predicted molar refractivity (Wildman–Crippen MR) is 81.2 cm³/mol. The van der Waals surface area contributed by atoms with E-state index in [-0.39, 0.29) is 12.0 Å². The molecule has 0 spiro atoms. The molecule has 0 aromatic heterocycles. The minimum Gasteiger partial charge on any atom is -0.398 e. The number of anilines is 1. The van der Waals surface area contributed by atoms with E-state index in [1.807, 2.05) is 19.9 Å². The van der Waals surface area contributed by atoms with E-state index in [1.165, 1.54) is 0 Å². The average molecular weight is 329 g/mol. The number of halogens is 1. The first-order valence-corrected chi connectivity index (χ1v) is 7.25. The summed E-state index contributed by atoms with van der Waals surface area (Å²) >= 11 is 3.33. The number of nitrogens with two attached hydrogens (primary N) is 1. The van der Waals surface area contributed by atoms with Crippen LogP contribution < -0.4 is 11.1 Å². The number of hydrogen-bond acceptors (Lipinski definition) is 3. The van der Waals surface area contributed by atoms with Crippen LogP contribution in [0.1, 0.15) is 37.0 Å². The van der Waals surface area contributed by atoms with E-state index in [4.69, 9.17) is 10.5 Å². The summed E-state index contributed by atoms with van der Waals surface area (Å²) in [4.78, 5) is 11.9. The lowest BCUT2D eigenvalue weighted by Crippen LogP contribution is -2.25. The molecule has 0 saturated carbocycles. The molecule has 19 heavy (non-hydrogen) atoms. The Morgan fingerprint density at radius 3 is 2.84 bits per heavy atom. The molecule has 3 N–H and O–H groups in total. The quantitative estimate of drug-likeness (QED) is 0.597. The van der Waals surface area contributed by atoms with Crippen LogP contribution in [0, 0.1) is 0 Å². The number of carbonyl (C=O) groups excluding carboxylic acids is 1. The summed E-state index contributed by atoms with van der Waals surface area (Å²) in [6.07, 6.45) is 2.09. The third kappa shape index (κ3) is 6.07. The summed E-state index contributed by atoms with van der Waals surface area (Å²) in [6.45, 7) is 5.38. The third-order valence-electron chi connectivity index (χ3n) is 2.57. The number of benzene rings is 1. The van der Waals surface area contributed by atoms with Crippen LogP contribution in [-0.2, 0) is 4.74 Å². The van der Waals surface area contributed by atoms with Gasteiger partial charge in [-0.05, 0) is 44.9 Å². The molecule has 106 valence electrons. The smallest absolute Gasteiger partial charge is 0.253 e. The molecule has 0 aliphatic heterocycles. The van der Waals surface area contributed by atoms with Gasteiger partial charge in [-0.25, -0.2) is 0 Å². The Kier molecular flexibility index (Phi) is 6.87. The lowest BCUT2D eigenvalue weighted by atomic mass is 10.1. The van der Waals surface area contributed by atoms with Gasteiger partial charge in [0.15, 0.2) is 0 Å². The van der Waals surface area contributed by atoms with Crippen LogP contribution in [0.2, 0.25) is 0 Å². The molecule has 0 aliphatic rings. The van der Waals surface area contributed by atoms with E-state index >= 15 is 0 Å². The summed E-state index contributed by atoms with van der Waals surface area (Å²) in [6, 6.07) is 5.26. The lowest BCUT2D eigenvalue weighted by molar-refractivity contribution is 0.0754. The Morgan fingerprint density at radius 1 is 1.42 bits per heavy atom. The number of ether oxygens (including phenoxy) is 1. The van der Waals surface area contributed by atoms with E-state index in [2.05, 4.69) is 21.2 Å². The number of hydrogen-bond donors (Lipinski definition) is 2. The van der Waals surface area contributed by atoms with Gasteiger partial charge < -0.3 is 15.8 Å². The van der Waals surface area contributed by atoms with E-state index in [0.29, 0.717) is 17.8 Å². The highest BCUT2D eigenvalue weighted by atomic mass is 79.9. The van der Waals surface area contributed by atoms with Gasteiger partial charge >= 0.3 is 0 Å². The number of rotatable bonds is 7. The third-order valence-corrected chi connectivity index (χ3v) is 3.06. The van der Waals surface area contributed by atoms with Gasteiger partial charge in [-0.2, -0.15) is 0 Å². The summed E-state index contributed by atoms with van der Waals surface area (Å²) in [7, 11) is 0. The van der Waals surface area contributed by atoms with Gasteiger partial charge in [0.25, 0.3) is 5.91 Å². The highest BCUT2D eigenvalue weighted by Gasteiger charge is 2.09. The van der Waals surface area contributed by atoms with Crippen LogP contribution in [0.15, 0.2) is 22.7 Å². The zero-order chi connectivity index (χ0) is 14.3. The van der Waals surface area contributed by atoms with Crippen molar-refractivity contribution >= 4 is 27.5 Å². The molecule has 0 bridgehead atoms. The average Bonchev–Trinajstić information content (AvgIpc) is 2.36. The fourth-order valence-corrected chi connectivity index (χ4v) is 1.93. The van der Waals surface area contributed by atoms with Crippen molar-refractivity contribution in [2.75, 3.05) is 18.9 Å². The Labute approximate surface area is 122 Å². The topological polar surface area (TPSA) is 64.3 Å². The van der Waals surface area contributed by atoms with Crippen LogP contribution in [0.25, 0.3) is 0 Å². The number of unbranched alkanes of at least 4 members (excludes halogenated alkanes) is 1. The summed E-state index contributed by atoms with van der Waals surface area (Å²) < 4.78 is 6.27. The zero-order valence-electron chi connectivity index (χ0n) is 11.4. The number of nitrogens with one attached hydrogen (secondary N) is 1. The fourth-order valence-electron chi connectivity index (χ4n) is 1.57. The minimum atomic E-state index is -0.136. The van der Waals surface area contributed by atoms with E-state index in [0.717, 1.165) is 23.9 Å².